The third-order valence-electron chi connectivity index (χ3n) is 5.67. The largest absolute Gasteiger partial charge is 0.493 e. The predicted molar refractivity (Wildman–Crippen MR) is 112 cm³/mol. The zero-order chi connectivity index (χ0) is 20.9. The van der Waals surface area contributed by atoms with E-state index >= 15 is 0 Å². The standard InChI is InChI=1S/C24H27FN2O3/c25-22-9-2-1-6-18(22)14-23(28)27-12-4-5-17(15-27)16-30-21-8-3-7-19(13-21)24(29)26-20-10-11-20/h1-3,6-9,13,17,20H,4-5,10-12,14-16H2,(H,26,29)/t17-/m1/s1. The summed E-state index contributed by atoms with van der Waals surface area (Å²) in [5, 5.41) is 2.98. The lowest BCUT2D eigenvalue weighted by atomic mass is 9.98. The van der Waals surface area contributed by atoms with Gasteiger partial charge in [-0.15, -0.1) is 0 Å². The topological polar surface area (TPSA) is 58.6 Å². The monoisotopic (exact) mass is 410 g/mol. The highest BCUT2D eigenvalue weighted by molar-refractivity contribution is 5.94. The number of piperidine rings is 1. The number of hydrogen-bond acceptors (Lipinski definition) is 3. The lowest BCUT2D eigenvalue weighted by Gasteiger charge is -2.32. The van der Waals surface area contributed by atoms with Crippen molar-refractivity contribution in [1.29, 1.82) is 0 Å². The molecule has 1 aliphatic heterocycles. The van der Waals surface area contributed by atoms with Gasteiger partial charge in [-0.1, -0.05) is 24.3 Å². The number of likely N-dealkylation sites (tertiary alicyclic amines) is 1. The summed E-state index contributed by atoms with van der Waals surface area (Å²) in [5.41, 5.74) is 1.03. The Morgan fingerprint density at radius 1 is 1.10 bits per heavy atom. The highest BCUT2D eigenvalue weighted by Gasteiger charge is 2.25. The van der Waals surface area contributed by atoms with Crippen molar-refractivity contribution in [2.75, 3.05) is 19.7 Å². The molecule has 0 spiro atoms. The quantitative estimate of drug-likeness (QED) is 0.759. The second kappa shape index (κ2) is 9.28. The van der Waals surface area contributed by atoms with E-state index in [9.17, 15) is 14.0 Å². The minimum absolute atomic E-state index is 0.0523. The molecule has 2 aromatic carbocycles. The van der Waals surface area contributed by atoms with Gasteiger partial charge >= 0.3 is 0 Å². The van der Waals surface area contributed by atoms with E-state index in [4.69, 9.17) is 4.74 Å². The van der Waals surface area contributed by atoms with Gasteiger partial charge in [-0.05, 0) is 55.5 Å². The summed E-state index contributed by atoms with van der Waals surface area (Å²) in [6.45, 7) is 1.78. The Morgan fingerprint density at radius 3 is 2.73 bits per heavy atom. The van der Waals surface area contributed by atoms with Gasteiger partial charge < -0.3 is 15.0 Å². The van der Waals surface area contributed by atoms with Crippen molar-refractivity contribution in [3.63, 3.8) is 0 Å². The fraction of sp³-hybridized carbons (Fsp3) is 0.417. The number of nitrogens with one attached hydrogen (secondary N) is 1. The Hall–Kier alpha value is -2.89. The Balaban J connectivity index is 1.29. The lowest BCUT2D eigenvalue weighted by molar-refractivity contribution is -0.132. The summed E-state index contributed by atoms with van der Waals surface area (Å²) < 4.78 is 19.8. The van der Waals surface area contributed by atoms with E-state index in [1.807, 2.05) is 17.0 Å². The molecule has 158 valence electrons. The molecule has 5 nitrogen and oxygen atoms in total. The van der Waals surface area contributed by atoms with Crippen LogP contribution in [-0.4, -0.2) is 42.5 Å². The third kappa shape index (κ3) is 5.38. The SMILES string of the molecule is O=C(NC1CC1)c1cccc(OC[C@@H]2CCCN(C(=O)Cc3ccccc3F)C2)c1. The molecule has 0 bridgehead atoms. The summed E-state index contributed by atoms with van der Waals surface area (Å²) in [7, 11) is 0. The van der Waals surface area contributed by atoms with Crippen LogP contribution >= 0.6 is 0 Å². The van der Waals surface area contributed by atoms with Crippen LogP contribution in [0.2, 0.25) is 0 Å². The maximum absolute atomic E-state index is 13.8. The molecule has 1 aliphatic carbocycles. The van der Waals surface area contributed by atoms with E-state index < -0.39 is 0 Å². The van der Waals surface area contributed by atoms with E-state index in [1.54, 1.807) is 30.3 Å². The second-order valence-corrected chi connectivity index (χ2v) is 8.20. The van der Waals surface area contributed by atoms with Gasteiger partial charge in [0.1, 0.15) is 11.6 Å². The summed E-state index contributed by atoms with van der Waals surface area (Å²) >= 11 is 0. The zero-order valence-electron chi connectivity index (χ0n) is 17.0. The number of ether oxygens (including phenoxy) is 1. The molecule has 0 unspecified atom stereocenters. The molecule has 0 aromatic heterocycles. The number of hydrogen-bond donors (Lipinski definition) is 1. The van der Waals surface area contributed by atoms with E-state index in [-0.39, 0.29) is 30.0 Å². The van der Waals surface area contributed by atoms with Gasteiger partial charge in [0.25, 0.3) is 5.91 Å². The first-order valence-corrected chi connectivity index (χ1v) is 10.6. The van der Waals surface area contributed by atoms with Gasteiger partial charge in [0.15, 0.2) is 0 Å². The third-order valence-corrected chi connectivity index (χ3v) is 5.67. The van der Waals surface area contributed by atoms with Gasteiger partial charge in [0, 0.05) is 30.6 Å². The van der Waals surface area contributed by atoms with Crippen molar-refractivity contribution >= 4 is 11.8 Å². The van der Waals surface area contributed by atoms with Gasteiger partial charge in [-0.2, -0.15) is 0 Å². The van der Waals surface area contributed by atoms with Crippen LogP contribution in [0.3, 0.4) is 0 Å². The van der Waals surface area contributed by atoms with Crippen LogP contribution in [0.1, 0.15) is 41.6 Å². The molecule has 1 atom stereocenters. The molecule has 2 fully saturated rings. The van der Waals surface area contributed by atoms with E-state index in [0.29, 0.717) is 42.6 Å². The van der Waals surface area contributed by atoms with E-state index in [2.05, 4.69) is 5.32 Å². The maximum atomic E-state index is 13.8. The van der Waals surface area contributed by atoms with Gasteiger partial charge in [0.2, 0.25) is 5.91 Å². The van der Waals surface area contributed by atoms with Gasteiger partial charge in [0.05, 0.1) is 13.0 Å². The number of nitrogens with zero attached hydrogens (tertiary/aromatic N) is 1. The number of carbonyl (C=O) groups excluding carboxylic acids is 2. The van der Waals surface area contributed by atoms with E-state index in [1.165, 1.54) is 6.07 Å². The molecule has 2 amide bonds. The van der Waals surface area contributed by atoms with Crippen molar-refractivity contribution in [2.24, 2.45) is 5.92 Å². The maximum Gasteiger partial charge on any atom is 0.251 e. The number of carbonyl (C=O) groups is 2. The minimum atomic E-state index is -0.339. The zero-order valence-corrected chi connectivity index (χ0v) is 17.0. The molecule has 6 heteroatoms. The fourth-order valence-corrected chi connectivity index (χ4v) is 3.78. The highest BCUT2D eigenvalue weighted by atomic mass is 19.1. The molecule has 2 aromatic rings. The van der Waals surface area contributed by atoms with Crippen molar-refractivity contribution in [3.05, 3.63) is 65.5 Å². The highest BCUT2D eigenvalue weighted by Crippen LogP contribution is 2.22. The van der Waals surface area contributed by atoms with Crippen LogP contribution < -0.4 is 10.1 Å². The first-order chi connectivity index (χ1) is 14.6. The summed E-state index contributed by atoms with van der Waals surface area (Å²) in [6, 6.07) is 14.0. The molecule has 2 aliphatic rings. The normalized spacial score (nSPS) is 18.7. The van der Waals surface area contributed by atoms with Crippen LogP contribution in [-0.2, 0) is 11.2 Å². The molecule has 30 heavy (non-hydrogen) atoms. The van der Waals surface area contributed by atoms with Crippen molar-refractivity contribution in [3.8, 4) is 5.75 Å². The Labute approximate surface area is 176 Å². The van der Waals surface area contributed by atoms with Crippen LogP contribution in [0.4, 0.5) is 4.39 Å². The molecule has 1 saturated heterocycles. The Kier molecular flexibility index (Phi) is 6.31. The second-order valence-electron chi connectivity index (χ2n) is 8.20. The minimum Gasteiger partial charge on any atom is -0.493 e. The van der Waals surface area contributed by atoms with Crippen LogP contribution in [0.5, 0.6) is 5.75 Å². The fourth-order valence-electron chi connectivity index (χ4n) is 3.78. The first kappa shape index (κ1) is 20.4. The average Bonchev–Trinajstić information content (AvgIpc) is 3.58. The van der Waals surface area contributed by atoms with E-state index in [0.717, 1.165) is 25.7 Å². The van der Waals surface area contributed by atoms with Crippen molar-refractivity contribution in [2.45, 2.75) is 38.1 Å². The first-order valence-electron chi connectivity index (χ1n) is 10.6. The average molecular weight is 410 g/mol. The number of benzene rings is 2. The predicted octanol–water partition coefficient (Wildman–Crippen LogP) is 3.58. The molecule has 1 N–H and O–H groups in total. The van der Waals surface area contributed by atoms with Crippen molar-refractivity contribution in [1.82, 2.24) is 10.2 Å². The Bertz CT molecular complexity index is 913. The molecule has 0 radical (unpaired) electrons. The molecule has 1 saturated carbocycles. The molecule has 4 rings (SSSR count). The lowest BCUT2D eigenvalue weighted by Crippen LogP contribution is -2.42. The van der Waals surface area contributed by atoms with Crippen molar-refractivity contribution < 1.29 is 18.7 Å². The van der Waals surface area contributed by atoms with Gasteiger partial charge in [-0.25, -0.2) is 4.39 Å². The summed E-state index contributed by atoms with van der Waals surface area (Å²) in [5.74, 6) is 0.419. The van der Waals surface area contributed by atoms with Crippen LogP contribution in [0.25, 0.3) is 0 Å². The molecular formula is C24H27FN2O3. The summed E-state index contributed by atoms with van der Waals surface area (Å²) in [4.78, 5) is 26.6. The smallest absolute Gasteiger partial charge is 0.251 e. The molecular weight excluding hydrogens is 383 g/mol. The number of rotatable bonds is 7. The number of amides is 2. The van der Waals surface area contributed by atoms with Crippen LogP contribution in [0, 0.1) is 11.7 Å². The Morgan fingerprint density at radius 2 is 1.93 bits per heavy atom. The number of halogens is 1. The van der Waals surface area contributed by atoms with Crippen LogP contribution in [0.15, 0.2) is 48.5 Å². The molecule has 1 heterocycles. The summed E-state index contributed by atoms with van der Waals surface area (Å²) in [6.07, 6.45) is 4.07. The van der Waals surface area contributed by atoms with Gasteiger partial charge in [-0.3, -0.25) is 9.59 Å².